The lowest BCUT2D eigenvalue weighted by Gasteiger charge is -2.37. The molecule has 10 nitrogen and oxygen atoms in total. The molecule has 0 radical (unpaired) electrons. The molecule has 11 heteroatoms. The Bertz CT molecular complexity index is 1740. The van der Waals surface area contributed by atoms with Crippen molar-refractivity contribution in [3.8, 4) is 17.0 Å². The Morgan fingerprint density at radius 3 is 2.59 bits per heavy atom. The fraction of sp³-hybridized carbons (Fsp3) is 0.333. The first-order valence-corrected chi connectivity index (χ1v) is 15.1. The van der Waals surface area contributed by atoms with E-state index in [1.807, 2.05) is 39.3 Å². The van der Waals surface area contributed by atoms with Crippen molar-refractivity contribution in [2.24, 2.45) is 0 Å². The highest BCUT2D eigenvalue weighted by molar-refractivity contribution is 7.92. The van der Waals surface area contributed by atoms with Crippen LogP contribution in [0.15, 0.2) is 66.1 Å². The van der Waals surface area contributed by atoms with Gasteiger partial charge >= 0.3 is 0 Å². The number of anilines is 2. The fourth-order valence-corrected chi connectivity index (χ4v) is 6.70. The van der Waals surface area contributed by atoms with Gasteiger partial charge in [-0.05, 0) is 69.3 Å². The Balaban J connectivity index is 1.41. The number of hydrogen-bond acceptors (Lipinski definition) is 8. The van der Waals surface area contributed by atoms with Crippen LogP contribution in [0.5, 0.6) is 5.88 Å². The number of aromatic nitrogens is 3. The van der Waals surface area contributed by atoms with Crippen molar-refractivity contribution in [1.82, 2.24) is 19.9 Å². The van der Waals surface area contributed by atoms with Crippen LogP contribution in [0.4, 0.5) is 11.4 Å². The number of nitrogens with zero attached hydrogens (tertiary/aromatic N) is 5. The van der Waals surface area contributed by atoms with Gasteiger partial charge in [-0.3, -0.25) is 14.5 Å². The summed E-state index contributed by atoms with van der Waals surface area (Å²) < 4.78 is 34.9. The quantitative estimate of drug-likeness (QED) is 0.296. The number of likely N-dealkylation sites (N-methyl/N-ethyl adjacent to an activating group) is 1. The van der Waals surface area contributed by atoms with Crippen LogP contribution in [0.1, 0.15) is 31.2 Å². The summed E-state index contributed by atoms with van der Waals surface area (Å²) in [6, 6.07) is 12.3. The third-order valence-corrected chi connectivity index (χ3v) is 9.22. The second-order valence-corrected chi connectivity index (χ2v) is 12.5. The van der Waals surface area contributed by atoms with Gasteiger partial charge in [0.25, 0.3) is 10.0 Å². The number of hydrogen-bond donors (Lipinski definition) is 1. The van der Waals surface area contributed by atoms with Gasteiger partial charge < -0.3 is 14.5 Å². The normalized spacial score (nSPS) is 15.8. The Hall–Kier alpha value is -4.09. The summed E-state index contributed by atoms with van der Waals surface area (Å²) in [7, 11) is 1.79. The number of carbonyl (C=O) groups excluding carboxylic acids is 1. The molecule has 1 aliphatic heterocycles. The molecule has 212 valence electrons. The largest absolute Gasteiger partial charge is 0.476 e. The minimum Gasteiger partial charge on any atom is -0.476 e. The Morgan fingerprint density at radius 1 is 1.05 bits per heavy atom. The maximum absolute atomic E-state index is 13.2. The van der Waals surface area contributed by atoms with Crippen LogP contribution in [0, 0.1) is 0 Å². The van der Waals surface area contributed by atoms with Gasteiger partial charge in [0, 0.05) is 42.5 Å². The van der Waals surface area contributed by atoms with Gasteiger partial charge in [0.15, 0.2) is 5.03 Å². The summed E-state index contributed by atoms with van der Waals surface area (Å²) in [6.07, 6.45) is 8.31. The lowest BCUT2D eigenvalue weighted by molar-refractivity contribution is -0.125. The maximum Gasteiger partial charge on any atom is 0.279 e. The zero-order valence-electron chi connectivity index (χ0n) is 23.3. The van der Waals surface area contributed by atoms with Gasteiger partial charge in [0.1, 0.15) is 5.69 Å². The number of amides is 1. The summed E-state index contributed by atoms with van der Waals surface area (Å²) in [5, 5.41) is 0.827. The van der Waals surface area contributed by atoms with Gasteiger partial charge in [-0.15, -0.1) is 0 Å². The molecule has 4 heterocycles. The average molecular weight is 573 g/mol. The first-order valence-electron chi connectivity index (χ1n) is 13.6. The second kappa shape index (κ2) is 10.4. The molecule has 0 atom stereocenters. The summed E-state index contributed by atoms with van der Waals surface area (Å²) >= 11 is 0. The van der Waals surface area contributed by atoms with Crippen molar-refractivity contribution in [3.63, 3.8) is 0 Å². The molecule has 0 unspecified atom stereocenters. The molecular formula is C30H32N6O4S. The van der Waals surface area contributed by atoms with E-state index < -0.39 is 15.4 Å². The van der Waals surface area contributed by atoms with E-state index >= 15 is 0 Å². The molecule has 1 N–H and O–H groups in total. The molecule has 1 aromatic carbocycles. The number of fused-ring (bicyclic) bond motifs is 4. The zero-order chi connectivity index (χ0) is 28.8. The number of rotatable bonds is 9. The Labute approximate surface area is 239 Å². The highest BCUT2D eigenvalue weighted by atomic mass is 32.2. The van der Waals surface area contributed by atoms with Crippen LogP contribution >= 0.6 is 0 Å². The van der Waals surface area contributed by atoms with E-state index in [4.69, 9.17) is 4.74 Å². The monoisotopic (exact) mass is 572 g/mol. The first-order chi connectivity index (χ1) is 19.7. The van der Waals surface area contributed by atoms with Crippen LogP contribution in [-0.2, 0) is 20.2 Å². The maximum atomic E-state index is 13.2. The van der Waals surface area contributed by atoms with E-state index in [-0.39, 0.29) is 22.5 Å². The SMILES string of the molecule is CN(C)CCCOc1ncc(-c2ccc3ncc4c(c3c2)C2(CCC2)C(=O)N4C)cc1NS(=O)(=O)c1ccccn1. The van der Waals surface area contributed by atoms with Crippen LogP contribution in [-0.4, -0.2) is 68.5 Å². The van der Waals surface area contributed by atoms with Crippen molar-refractivity contribution in [2.45, 2.75) is 36.1 Å². The predicted molar refractivity (Wildman–Crippen MR) is 158 cm³/mol. The fourth-order valence-electron chi connectivity index (χ4n) is 5.70. The molecule has 1 saturated carbocycles. The molecule has 1 amide bonds. The van der Waals surface area contributed by atoms with Gasteiger partial charge in [-0.2, -0.15) is 8.42 Å². The van der Waals surface area contributed by atoms with E-state index in [0.29, 0.717) is 12.2 Å². The predicted octanol–water partition coefficient (Wildman–Crippen LogP) is 4.22. The molecule has 0 bridgehead atoms. The first kappa shape index (κ1) is 27.1. The van der Waals surface area contributed by atoms with Crippen LogP contribution in [0.25, 0.3) is 22.0 Å². The van der Waals surface area contributed by atoms with Crippen LogP contribution in [0.3, 0.4) is 0 Å². The van der Waals surface area contributed by atoms with Gasteiger partial charge in [-0.25, -0.2) is 9.97 Å². The standard InChI is InChI=1S/C30H32N6O4S/c1-35(2)14-7-15-40-28-24(34-41(38,39)26-8-4-5-13-31-26)17-21(18-33-28)20-9-10-23-22(16-20)27-25(19-32-23)36(3)29(37)30(27)11-6-12-30/h4-5,8-10,13,16-19,34H,6-7,11-12,14-15H2,1-3H3. The Kier molecular flexibility index (Phi) is 6.87. The zero-order valence-corrected chi connectivity index (χ0v) is 24.1. The third-order valence-electron chi connectivity index (χ3n) is 7.94. The summed E-state index contributed by atoms with van der Waals surface area (Å²) in [5.41, 5.74) is 3.95. The number of ether oxygens (including phenoxy) is 1. The van der Waals surface area contributed by atoms with Gasteiger partial charge in [0.2, 0.25) is 11.8 Å². The number of sulfonamides is 1. The molecular weight excluding hydrogens is 540 g/mol. The molecule has 1 aliphatic carbocycles. The average Bonchev–Trinajstić information content (AvgIpc) is 3.18. The highest BCUT2D eigenvalue weighted by Gasteiger charge is 2.54. The molecule has 41 heavy (non-hydrogen) atoms. The Morgan fingerprint density at radius 2 is 1.88 bits per heavy atom. The van der Waals surface area contributed by atoms with E-state index in [1.165, 1.54) is 12.3 Å². The molecule has 1 spiro atoms. The van der Waals surface area contributed by atoms with Crippen molar-refractivity contribution in [1.29, 1.82) is 0 Å². The van der Waals surface area contributed by atoms with E-state index in [2.05, 4.69) is 24.6 Å². The highest BCUT2D eigenvalue weighted by Crippen LogP contribution is 2.55. The number of nitrogens with one attached hydrogen (secondary N) is 1. The van der Waals surface area contributed by atoms with E-state index in [9.17, 15) is 13.2 Å². The topological polar surface area (TPSA) is 118 Å². The number of benzene rings is 1. The van der Waals surface area contributed by atoms with Crippen LogP contribution < -0.4 is 14.4 Å². The van der Waals surface area contributed by atoms with E-state index in [0.717, 1.165) is 59.9 Å². The van der Waals surface area contributed by atoms with Crippen molar-refractivity contribution in [2.75, 3.05) is 43.9 Å². The molecule has 4 aromatic rings. The van der Waals surface area contributed by atoms with Crippen molar-refractivity contribution < 1.29 is 17.9 Å². The van der Waals surface area contributed by atoms with Crippen molar-refractivity contribution >= 4 is 38.2 Å². The summed E-state index contributed by atoms with van der Waals surface area (Å²) in [6.45, 7) is 1.20. The second-order valence-electron chi connectivity index (χ2n) is 10.9. The van der Waals surface area contributed by atoms with Gasteiger partial charge in [0.05, 0.1) is 29.4 Å². The van der Waals surface area contributed by atoms with E-state index in [1.54, 1.807) is 35.5 Å². The molecule has 6 rings (SSSR count). The number of pyridine rings is 3. The lowest BCUT2D eigenvalue weighted by atomic mass is 9.64. The van der Waals surface area contributed by atoms with Gasteiger partial charge in [-0.1, -0.05) is 18.6 Å². The number of carbonyl (C=O) groups is 1. The van der Waals surface area contributed by atoms with Crippen LogP contribution in [0.2, 0.25) is 0 Å². The summed E-state index contributed by atoms with van der Waals surface area (Å²) in [4.78, 5) is 30.2. The van der Waals surface area contributed by atoms with Crippen molar-refractivity contribution in [3.05, 3.63) is 66.6 Å². The minimum absolute atomic E-state index is 0.101. The third kappa shape index (κ3) is 4.78. The lowest BCUT2D eigenvalue weighted by Crippen LogP contribution is -2.43. The smallest absolute Gasteiger partial charge is 0.279 e. The summed E-state index contributed by atoms with van der Waals surface area (Å²) in [5.74, 6) is 0.318. The molecule has 0 saturated heterocycles. The molecule has 3 aromatic heterocycles. The molecule has 1 fully saturated rings. The minimum atomic E-state index is -3.99. The molecule has 2 aliphatic rings.